The number of nitrogens with one attached hydrogen (secondary N) is 2. The highest BCUT2D eigenvalue weighted by atomic mass is 16.2. The highest BCUT2D eigenvalue weighted by molar-refractivity contribution is 5.83. The van der Waals surface area contributed by atoms with Crippen LogP contribution >= 0.6 is 0 Å². The van der Waals surface area contributed by atoms with Gasteiger partial charge in [0.2, 0.25) is 11.8 Å². The van der Waals surface area contributed by atoms with Gasteiger partial charge >= 0.3 is 0 Å². The van der Waals surface area contributed by atoms with Crippen molar-refractivity contribution < 1.29 is 9.59 Å². The summed E-state index contributed by atoms with van der Waals surface area (Å²) in [5.74, 6) is 0.153. The molecule has 2 rings (SSSR count). The quantitative estimate of drug-likeness (QED) is 0.632. The lowest BCUT2D eigenvalue weighted by atomic mass is 10.2. The van der Waals surface area contributed by atoms with Crippen LogP contribution in [-0.2, 0) is 9.59 Å². The van der Waals surface area contributed by atoms with E-state index >= 15 is 0 Å². The number of carbonyl (C=O) groups excluding carboxylic acids is 2. The second kappa shape index (κ2) is 4.18. The van der Waals surface area contributed by atoms with E-state index in [1.54, 1.807) is 7.05 Å². The molecule has 5 nitrogen and oxygen atoms in total. The molecule has 84 valence electrons. The van der Waals surface area contributed by atoms with Gasteiger partial charge in [-0.1, -0.05) is 0 Å². The summed E-state index contributed by atoms with van der Waals surface area (Å²) in [7, 11) is 1.73. The molecule has 2 aliphatic rings. The van der Waals surface area contributed by atoms with Crippen LogP contribution in [0.25, 0.3) is 0 Å². The molecule has 1 saturated carbocycles. The minimum absolute atomic E-state index is 0.0129. The van der Waals surface area contributed by atoms with E-state index in [4.69, 9.17) is 0 Å². The molecule has 5 heteroatoms. The van der Waals surface area contributed by atoms with Crippen LogP contribution in [0.15, 0.2) is 0 Å². The van der Waals surface area contributed by atoms with E-state index in [1.807, 2.05) is 4.90 Å². The highest BCUT2D eigenvalue weighted by Gasteiger charge is 2.39. The van der Waals surface area contributed by atoms with Crippen LogP contribution in [-0.4, -0.2) is 48.9 Å². The number of rotatable bonds is 4. The first-order valence-corrected chi connectivity index (χ1v) is 5.44. The topological polar surface area (TPSA) is 61.4 Å². The van der Waals surface area contributed by atoms with E-state index in [-0.39, 0.29) is 17.9 Å². The third kappa shape index (κ3) is 2.47. The number of amides is 2. The molecule has 2 N–H and O–H groups in total. The summed E-state index contributed by atoms with van der Waals surface area (Å²) in [6.45, 7) is 1.01. The Hall–Kier alpha value is -1.10. The first kappa shape index (κ1) is 10.4. The number of likely N-dealkylation sites (tertiary alicyclic amines) is 1. The Kier molecular flexibility index (Phi) is 2.90. The van der Waals surface area contributed by atoms with Crippen molar-refractivity contribution in [2.75, 3.05) is 20.1 Å². The van der Waals surface area contributed by atoms with Crippen molar-refractivity contribution >= 4 is 11.8 Å². The van der Waals surface area contributed by atoms with E-state index in [0.717, 1.165) is 12.8 Å². The fraction of sp³-hybridized carbons (Fsp3) is 0.800. The number of likely N-dealkylation sites (N-methyl/N-ethyl adjacent to an activating group) is 1. The van der Waals surface area contributed by atoms with Crippen LogP contribution in [0.1, 0.15) is 19.3 Å². The maximum atomic E-state index is 11.6. The Labute approximate surface area is 89.2 Å². The highest BCUT2D eigenvalue weighted by Crippen LogP contribution is 2.30. The largest absolute Gasteiger partial charge is 0.350 e. The summed E-state index contributed by atoms with van der Waals surface area (Å²) in [5.41, 5.74) is 0. The molecule has 0 spiro atoms. The molecule has 1 heterocycles. The van der Waals surface area contributed by atoms with Gasteiger partial charge in [0.15, 0.2) is 0 Å². The summed E-state index contributed by atoms with van der Waals surface area (Å²) in [6.07, 6.45) is 2.72. The molecule has 0 aromatic rings. The molecule has 0 aromatic heterocycles. The molecule has 1 atom stereocenters. The van der Waals surface area contributed by atoms with Crippen LogP contribution in [0.2, 0.25) is 0 Å². The van der Waals surface area contributed by atoms with E-state index in [9.17, 15) is 9.59 Å². The number of hydrogen-bond donors (Lipinski definition) is 2. The molecule has 2 fully saturated rings. The minimum Gasteiger partial charge on any atom is -0.350 e. The van der Waals surface area contributed by atoms with Crippen molar-refractivity contribution in [3.63, 3.8) is 0 Å². The predicted octanol–water partition coefficient (Wildman–Crippen LogP) is -0.915. The van der Waals surface area contributed by atoms with Gasteiger partial charge in [-0.2, -0.15) is 0 Å². The lowest BCUT2D eigenvalue weighted by molar-refractivity contribution is -0.128. The van der Waals surface area contributed by atoms with E-state index in [0.29, 0.717) is 25.6 Å². The lowest BCUT2D eigenvalue weighted by Gasteiger charge is -2.15. The zero-order valence-corrected chi connectivity index (χ0v) is 8.95. The molecule has 1 unspecified atom stereocenters. The Morgan fingerprint density at radius 1 is 1.53 bits per heavy atom. The third-order valence-corrected chi connectivity index (χ3v) is 2.85. The van der Waals surface area contributed by atoms with Crippen molar-refractivity contribution in [3.05, 3.63) is 0 Å². The standard InChI is InChI=1S/C10H17N3O2/c1-11-5-9(14)12-7-4-10(15)13(6-7)8-2-3-8/h7-8,11H,2-6H2,1H3,(H,12,14). The molecule has 0 bridgehead atoms. The summed E-state index contributed by atoms with van der Waals surface area (Å²) in [5, 5.41) is 5.65. The number of hydrogen-bond acceptors (Lipinski definition) is 3. The van der Waals surface area contributed by atoms with Crippen LogP contribution in [0.5, 0.6) is 0 Å². The van der Waals surface area contributed by atoms with E-state index in [2.05, 4.69) is 10.6 Å². The molecule has 1 aliphatic heterocycles. The predicted molar refractivity (Wildman–Crippen MR) is 55.2 cm³/mol. The smallest absolute Gasteiger partial charge is 0.234 e. The van der Waals surface area contributed by atoms with Crippen molar-refractivity contribution in [1.29, 1.82) is 0 Å². The second-order valence-corrected chi connectivity index (χ2v) is 4.28. The summed E-state index contributed by atoms with van der Waals surface area (Å²) >= 11 is 0. The number of nitrogens with zero attached hydrogens (tertiary/aromatic N) is 1. The van der Waals surface area contributed by atoms with Crippen molar-refractivity contribution in [2.24, 2.45) is 0 Å². The molecule has 1 aliphatic carbocycles. The minimum atomic E-state index is -0.0343. The fourth-order valence-electron chi connectivity index (χ4n) is 2.01. The molecule has 0 radical (unpaired) electrons. The Balaban J connectivity index is 1.80. The first-order chi connectivity index (χ1) is 7.20. The normalized spacial score (nSPS) is 25.8. The molecule has 2 amide bonds. The molecular formula is C10H17N3O2. The van der Waals surface area contributed by atoms with E-state index < -0.39 is 0 Å². The van der Waals surface area contributed by atoms with Gasteiger partial charge in [0.1, 0.15) is 0 Å². The second-order valence-electron chi connectivity index (χ2n) is 4.28. The van der Waals surface area contributed by atoms with Gasteiger partial charge in [-0.05, 0) is 19.9 Å². The average Bonchev–Trinajstić information content (AvgIpc) is 2.93. The Bertz CT molecular complexity index is 276. The monoisotopic (exact) mass is 211 g/mol. The summed E-state index contributed by atoms with van der Waals surface area (Å²) < 4.78 is 0. The van der Waals surface area contributed by atoms with Gasteiger partial charge in [-0.15, -0.1) is 0 Å². The van der Waals surface area contributed by atoms with Gasteiger partial charge in [-0.25, -0.2) is 0 Å². The van der Waals surface area contributed by atoms with Gasteiger partial charge in [0.05, 0.1) is 12.6 Å². The van der Waals surface area contributed by atoms with Crippen molar-refractivity contribution in [3.8, 4) is 0 Å². The van der Waals surface area contributed by atoms with E-state index in [1.165, 1.54) is 0 Å². The maximum absolute atomic E-state index is 11.6. The zero-order valence-electron chi connectivity index (χ0n) is 8.95. The van der Waals surface area contributed by atoms with Crippen LogP contribution in [0.3, 0.4) is 0 Å². The molecule has 15 heavy (non-hydrogen) atoms. The van der Waals surface area contributed by atoms with Gasteiger partial charge in [0.25, 0.3) is 0 Å². The van der Waals surface area contributed by atoms with Crippen LogP contribution in [0, 0.1) is 0 Å². The summed E-state index contributed by atoms with van der Waals surface area (Å²) in [6, 6.07) is 0.475. The molecule has 0 aromatic carbocycles. The van der Waals surface area contributed by atoms with Crippen molar-refractivity contribution in [1.82, 2.24) is 15.5 Å². The first-order valence-electron chi connectivity index (χ1n) is 5.44. The molecular weight excluding hydrogens is 194 g/mol. The fourth-order valence-corrected chi connectivity index (χ4v) is 2.01. The SMILES string of the molecule is CNCC(=O)NC1CC(=O)N(C2CC2)C1. The van der Waals surface area contributed by atoms with Crippen LogP contribution < -0.4 is 10.6 Å². The third-order valence-electron chi connectivity index (χ3n) is 2.85. The van der Waals surface area contributed by atoms with Gasteiger partial charge in [-0.3, -0.25) is 9.59 Å². The molecule has 1 saturated heterocycles. The van der Waals surface area contributed by atoms with Gasteiger partial charge in [0, 0.05) is 19.0 Å². The average molecular weight is 211 g/mol. The van der Waals surface area contributed by atoms with Crippen molar-refractivity contribution in [2.45, 2.75) is 31.3 Å². The summed E-state index contributed by atoms with van der Waals surface area (Å²) in [4.78, 5) is 24.8. The lowest BCUT2D eigenvalue weighted by Crippen LogP contribution is -2.41. The Morgan fingerprint density at radius 3 is 2.87 bits per heavy atom. The Morgan fingerprint density at radius 2 is 2.27 bits per heavy atom. The number of carbonyl (C=O) groups is 2. The van der Waals surface area contributed by atoms with Crippen LogP contribution in [0.4, 0.5) is 0 Å². The zero-order chi connectivity index (χ0) is 10.8. The maximum Gasteiger partial charge on any atom is 0.234 e. The van der Waals surface area contributed by atoms with Gasteiger partial charge < -0.3 is 15.5 Å².